The quantitative estimate of drug-likeness (QED) is 0.453. The first-order valence-electron chi connectivity index (χ1n) is 9.78. The van der Waals surface area contributed by atoms with Crippen LogP contribution >= 0.6 is 27.3 Å². The predicted molar refractivity (Wildman–Crippen MR) is 123 cm³/mol. The molecule has 0 aliphatic rings. The highest BCUT2D eigenvalue weighted by Crippen LogP contribution is 2.28. The lowest BCUT2D eigenvalue weighted by atomic mass is 10.0. The third kappa shape index (κ3) is 6.47. The number of hydrogen-bond donors (Lipinski definition) is 2. The lowest BCUT2D eigenvalue weighted by Gasteiger charge is -2.18. The van der Waals surface area contributed by atoms with Gasteiger partial charge in [0, 0.05) is 22.9 Å². The molecule has 30 heavy (non-hydrogen) atoms. The molecule has 0 radical (unpaired) electrons. The van der Waals surface area contributed by atoms with E-state index >= 15 is 0 Å². The zero-order valence-electron chi connectivity index (χ0n) is 16.6. The maximum absolute atomic E-state index is 12.9. The van der Waals surface area contributed by atoms with Gasteiger partial charge in [0.05, 0.1) is 0 Å². The fraction of sp³-hybridized carbons (Fsp3) is 0.273. The number of carbonyl (C=O) groups is 2. The first-order valence-corrected chi connectivity index (χ1v) is 11.4. The van der Waals surface area contributed by atoms with E-state index in [4.69, 9.17) is 0 Å². The van der Waals surface area contributed by atoms with Crippen LogP contribution in [0.3, 0.4) is 0 Å². The number of anilines is 1. The van der Waals surface area contributed by atoms with Crippen LogP contribution in [0.4, 0.5) is 5.13 Å². The molecule has 1 heterocycles. The lowest BCUT2D eigenvalue weighted by Crippen LogP contribution is -2.45. The fourth-order valence-electron chi connectivity index (χ4n) is 2.87. The van der Waals surface area contributed by atoms with Gasteiger partial charge in [0.1, 0.15) is 11.0 Å². The molecule has 3 aromatic rings. The van der Waals surface area contributed by atoms with Gasteiger partial charge >= 0.3 is 0 Å². The van der Waals surface area contributed by atoms with Crippen molar-refractivity contribution in [3.63, 3.8) is 0 Å². The van der Waals surface area contributed by atoms with Crippen molar-refractivity contribution in [2.75, 3.05) is 5.32 Å². The minimum atomic E-state index is -0.685. The molecular formula is C22H23BrN4O2S. The summed E-state index contributed by atoms with van der Waals surface area (Å²) >= 11 is 4.74. The molecule has 1 unspecified atom stereocenters. The summed E-state index contributed by atoms with van der Waals surface area (Å²) in [7, 11) is 0. The molecule has 0 aliphatic carbocycles. The van der Waals surface area contributed by atoms with Crippen molar-refractivity contribution >= 4 is 44.2 Å². The van der Waals surface area contributed by atoms with Crippen molar-refractivity contribution in [2.24, 2.45) is 0 Å². The molecule has 2 amide bonds. The van der Waals surface area contributed by atoms with Gasteiger partial charge in [-0.05, 0) is 24.1 Å². The molecule has 1 aromatic heterocycles. The molecular weight excluding hydrogens is 464 g/mol. The van der Waals surface area contributed by atoms with Crippen LogP contribution in [-0.4, -0.2) is 28.1 Å². The molecule has 6 nitrogen and oxygen atoms in total. The third-order valence-corrected chi connectivity index (χ3v) is 5.80. The Balaban J connectivity index is 1.71. The van der Waals surface area contributed by atoms with Crippen LogP contribution in [0.25, 0.3) is 10.6 Å². The van der Waals surface area contributed by atoms with Gasteiger partial charge in [-0.15, -0.1) is 10.2 Å². The minimum Gasteiger partial charge on any atom is -0.344 e. The summed E-state index contributed by atoms with van der Waals surface area (Å²) < 4.78 is 0.943. The molecule has 2 aromatic carbocycles. The minimum absolute atomic E-state index is 0.125. The van der Waals surface area contributed by atoms with Gasteiger partial charge in [-0.25, -0.2) is 0 Å². The van der Waals surface area contributed by atoms with E-state index in [1.54, 1.807) is 0 Å². The average Bonchev–Trinajstić information content (AvgIpc) is 3.21. The van der Waals surface area contributed by atoms with E-state index in [9.17, 15) is 9.59 Å². The summed E-state index contributed by atoms with van der Waals surface area (Å²) in [6.45, 7) is 2.03. The van der Waals surface area contributed by atoms with Gasteiger partial charge in [0.2, 0.25) is 16.9 Å². The van der Waals surface area contributed by atoms with Gasteiger partial charge in [-0.1, -0.05) is 83.1 Å². The maximum Gasteiger partial charge on any atom is 0.249 e. The molecule has 2 N–H and O–H groups in total. The number of nitrogens with zero attached hydrogens (tertiary/aromatic N) is 2. The molecule has 3 rings (SSSR count). The zero-order valence-corrected chi connectivity index (χ0v) is 19.0. The van der Waals surface area contributed by atoms with E-state index in [0.29, 0.717) is 23.0 Å². The summed E-state index contributed by atoms with van der Waals surface area (Å²) in [5.74, 6) is -0.430. The molecule has 1 atom stereocenters. The summed E-state index contributed by atoms with van der Waals surface area (Å²) in [6.07, 6.45) is 2.52. The molecule has 0 fully saturated rings. The molecule has 0 saturated heterocycles. The second kappa shape index (κ2) is 11.0. The van der Waals surface area contributed by atoms with Gasteiger partial charge in [0.15, 0.2) is 0 Å². The zero-order chi connectivity index (χ0) is 21.3. The first kappa shape index (κ1) is 22.1. The largest absolute Gasteiger partial charge is 0.344 e. The number of aromatic nitrogens is 2. The molecule has 156 valence electrons. The third-order valence-electron chi connectivity index (χ3n) is 4.42. The highest BCUT2D eigenvalue weighted by Gasteiger charge is 2.22. The van der Waals surface area contributed by atoms with Gasteiger partial charge in [0.25, 0.3) is 0 Å². The first-order chi connectivity index (χ1) is 14.5. The van der Waals surface area contributed by atoms with E-state index in [0.717, 1.165) is 28.4 Å². The van der Waals surface area contributed by atoms with E-state index in [1.165, 1.54) is 11.3 Å². The molecule has 0 aliphatic heterocycles. The monoisotopic (exact) mass is 486 g/mol. The van der Waals surface area contributed by atoms with Crippen LogP contribution in [0.5, 0.6) is 0 Å². The smallest absolute Gasteiger partial charge is 0.249 e. The predicted octanol–water partition coefficient (Wildman–Crippen LogP) is 4.82. The molecule has 0 bridgehead atoms. The Kier molecular flexibility index (Phi) is 8.10. The number of hydrogen-bond acceptors (Lipinski definition) is 5. The van der Waals surface area contributed by atoms with Crippen molar-refractivity contribution < 1.29 is 9.59 Å². The Bertz CT molecular complexity index is 994. The molecule has 0 spiro atoms. The summed E-state index contributed by atoms with van der Waals surface area (Å²) in [6, 6.07) is 16.7. The van der Waals surface area contributed by atoms with E-state index in [-0.39, 0.29) is 11.8 Å². The van der Waals surface area contributed by atoms with Gasteiger partial charge in [-0.2, -0.15) is 0 Å². The lowest BCUT2D eigenvalue weighted by molar-refractivity contribution is -0.126. The van der Waals surface area contributed by atoms with Crippen LogP contribution < -0.4 is 10.6 Å². The Hall–Kier alpha value is -2.58. The van der Waals surface area contributed by atoms with Crippen molar-refractivity contribution in [3.05, 3.63) is 64.6 Å². The highest BCUT2D eigenvalue weighted by atomic mass is 79.9. The topological polar surface area (TPSA) is 84.0 Å². The van der Waals surface area contributed by atoms with Crippen LogP contribution in [-0.2, 0) is 16.0 Å². The average molecular weight is 487 g/mol. The maximum atomic E-state index is 12.9. The standard InChI is InChI=1S/C22H23BrN4O2S/c1-2-3-12-19(28)24-18(13-15-8-5-4-6-9-15)20(29)25-22-27-26-21(30-22)16-10-7-11-17(23)14-16/h4-11,14,18H,2-3,12-13H2,1H3,(H,24,28)(H,25,27,29). The number of halogens is 1. The second-order valence-corrected chi connectivity index (χ2v) is 8.72. The van der Waals surface area contributed by atoms with E-state index < -0.39 is 6.04 Å². The van der Waals surface area contributed by atoms with E-state index in [2.05, 4.69) is 36.8 Å². The summed E-state index contributed by atoms with van der Waals surface area (Å²) in [4.78, 5) is 25.2. The van der Waals surface area contributed by atoms with Crippen molar-refractivity contribution in [1.29, 1.82) is 0 Å². The van der Waals surface area contributed by atoms with Crippen LogP contribution in [0, 0.1) is 0 Å². The van der Waals surface area contributed by atoms with Crippen LogP contribution in [0.2, 0.25) is 0 Å². The van der Waals surface area contributed by atoms with Crippen molar-refractivity contribution in [3.8, 4) is 10.6 Å². The highest BCUT2D eigenvalue weighted by molar-refractivity contribution is 9.10. The number of nitrogens with one attached hydrogen (secondary N) is 2. The molecule has 8 heteroatoms. The SMILES string of the molecule is CCCCC(=O)NC(Cc1ccccc1)C(=O)Nc1nnc(-c2cccc(Br)c2)s1. The van der Waals surface area contributed by atoms with Gasteiger partial charge < -0.3 is 5.32 Å². The normalized spacial score (nSPS) is 11.7. The number of benzene rings is 2. The number of rotatable bonds is 9. The Labute approximate surface area is 188 Å². The Morgan fingerprint density at radius 3 is 2.63 bits per heavy atom. The van der Waals surface area contributed by atoms with Crippen LogP contribution in [0.1, 0.15) is 31.7 Å². The summed E-state index contributed by atoms with van der Waals surface area (Å²) in [5, 5.41) is 15.0. The number of unbranched alkanes of at least 4 members (excludes halogenated alkanes) is 1. The Morgan fingerprint density at radius 1 is 1.10 bits per heavy atom. The number of carbonyl (C=O) groups excluding carboxylic acids is 2. The van der Waals surface area contributed by atoms with Crippen molar-refractivity contribution in [2.45, 2.75) is 38.6 Å². The fourth-order valence-corrected chi connectivity index (χ4v) is 4.01. The molecule has 0 saturated carbocycles. The van der Waals surface area contributed by atoms with Crippen LogP contribution in [0.15, 0.2) is 59.1 Å². The summed E-state index contributed by atoms with van der Waals surface area (Å²) in [5.41, 5.74) is 1.89. The van der Waals surface area contributed by atoms with Gasteiger partial charge in [-0.3, -0.25) is 14.9 Å². The van der Waals surface area contributed by atoms with E-state index in [1.807, 2.05) is 61.5 Å². The van der Waals surface area contributed by atoms with Crippen molar-refractivity contribution in [1.82, 2.24) is 15.5 Å². The second-order valence-electron chi connectivity index (χ2n) is 6.83. The number of amides is 2. The Morgan fingerprint density at radius 2 is 1.90 bits per heavy atom.